The minimum absolute atomic E-state index is 0.429. The van der Waals surface area contributed by atoms with Crippen molar-refractivity contribution >= 4 is 0 Å². The van der Waals surface area contributed by atoms with E-state index in [-0.39, 0.29) is 0 Å². The molecular formula is C15H20O. The van der Waals surface area contributed by atoms with Gasteiger partial charge in [0.15, 0.2) is 0 Å². The molecule has 0 unspecified atom stereocenters. The van der Waals surface area contributed by atoms with Crippen LogP contribution in [0.5, 0.6) is 0 Å². The first kappa shape index (κ1) is 12.8. The smallest absolute Gasteiger partial charge is 0.114 e. The van der Waals surface area contributed by atoms with E-state index in [1.165, 1.54) is 5.56 Å². The fourth-order valence-corrected chi connectivity index (χ4v) is 1.56. The van der Waals surface area contributed by atoms with E-state index in [0.717, 1.165) is 32.1 Å². The van der Waals surface area contributed by atoms with Crippen molar-refractivity contribution in [3.8, 4) is 11.8 Å². The number of hydrogen-bond acceptors (Lipinski definition) is 1. The van der Waals surface area contributed by atoms with Gasteiger partial charge in [0.05, 0.1) is 0 Å². The van der Waals surface area contributed by atoms with Crippen LogP contribution in [0.2, 0.25) is 0 Å². The van der Waals surface area contributed by atoms with Gasteiger partial charge < -0.3 is 5.11 Å². The van der Waals surface area contributed by atoms with Crippen LogP contribution < -0.4 is 0 Å². The van der Waals surface area contributed by atoms with Crippen molar-refractivity contribution in [3.05, 3.63) is 35.9 Å². The third-order valence-corrected chi connectivity index (χ3v) is 2.44. The van der Waals surface area contributed by atoms with E-state index in [9.17, 15) is 5.11 Å². The Morgan fingerprint density at radius 3 is 2.69 bits per heavy atom. The first-order valence-electron chi connectivity index (χ1n) is 6.03. The lowest BCUT2D eigenvalue weighted by atomic mass is 10.1. The number of aliphatic hydroxyl groups excluding tert-OH is 1. The van der Waals surface area contributed by atoms with Gasteiger partial charge in [0.1, 0.15) is 6.10 Å². The molecule has 0 heterocycles. The van der Waals surface area contributed by atoms with Gasteiger partial charge in [0, 0.05) is 6.42 Å². The van der Waals surface area contributed by atoms with Crippen LogP contribution in [0.25, 0.3) is 0 Å². The second-order valence-corrected chi connectivity index (χ2v) is 3.96. The molecule has 86 valence electrons. The van der Waals surface area contributed by atoms with Crippen LogP contribution in [0, 0.1) is 11.8 Å². The highest BCUT2D eigenvalue weighted by Gasteiger charge is 1.94. The number of benzene rings is 1. The maximum Gasteiger partial charge on any atom is 0.114 e. The van der Waals surface area contributed by atoms with Gasteiger partial charge >= 0.3 is 0 Å². The van der Waals surface area contributed by atoms with E-state index in [4.69, 9.17) is 0 Å². The predicted octanol–water partition coefficient (Wildman–Crippen LogP) is 3.17. The molecule has 1 heteroatoms. The van der Waals surface area contributed by atoms with Gasteiger partial charge in [-0.2, -0.15) is 0 Å². The van der Waals surface area contributed by atoms with E-state index in [1.54, 1.807) is 0 Å². The lowest BCUT2D eigenvalue weighted by Crippen LogP contribution is -2.00. The zero-order valence-electron chi connectivity index (χ0n) is 9.95. The molecule has 0 radical (unpaired) electrons. The Morgan fingerprint density at radius 1 is 1.25 bits per heavy atom. The van der Waals surface area contributed by atoms with Crippen molar-refractivity contribution in [1.82, 2.24) is 0 Å². The largest absolute Gasteiger partial charge is 0.380 e. The zero-order valence-corrected chi connectivity index (χ0v) is 9.95. The van der Waals surface area contributed by atoms with Gasteiger partial charge in [-0.15, -0.1) is 5.92 Å². The summed E-state index contributed by atoms with van der Waals surface area (Å²) in [6.45, 7) is 2.06. The van der Waals surface area contributed by atoms with Crippen LogP contribution >= 0.6 is 0 Å². The van der Waals surface area contributed by atoms with E-state index in [2.05, 4.69) is 43.0 Å². The molecule has 0 aliphatic carbocycles. The SMILES string of the molecule is CCC[C@H](O)C#CCCCc1ccccc1. The molecule has 0 fully saturated rings. The first-order valence-corrected chi connectivity index (χ1v) is 6.03. The van der Waals surface area contributed by atoms with Crippen LogP contribution in [0.3, 0.4) is 0 Å². The van der Waals surface area contributed by atoms with E-state index in [0.29, 0.717) is 0 Å². The average molecular weight is 216 g/mol. The van der Waals surface area contributed by atoms with Gasteiger partial charge in [-0.1, -0.05) is 49.6 Å². The minimum atomic E-state index is -0.429. The van der Waals surface area contributed by atoms with Crippen molar-refractivity contribution in [2.45, 2.75) is 45.1 Å². The molecule has 1 aromatic rings. The molecule has 0 saturated heterocycles. The molecule has 1 rings (SSSR count). The third-order valence-electron chi connectivity index (χ3n) is 2.44. The summed E-state index contributed by atoms with van der Waals surface area (Å²) in [7, 11) is 0. The third kappa shape index (κ3) is 5.58. The highest BCUT2D eigenvalue weighted by molar-refractivity contribution is 5.15. The van der Waals surface area contributed by atoms with E-state index < -0.39 is 6.10 Å². The van der Waals surface area contributed by atoms with Crippen LogP contribution in [0.15, 0.2) is 30.3 Å². The summed E-state index contributed by atoms with van der Waals surface area (Å²) < 4.78 is 0. The molecular weight excluding hydrogens is 196 g/mol. The lowest BCUT2D eigenvalue weighted by molar-refractivity contribution is 0.221. The Balaban J connectivity index is 2.17. The molecule has 1 nitrogen and oxygen atoms in total. The summed E-state index contributed by atoms with van der Waals surface area (Å²) in [6.07, 6.45) is 4.35. The molecule has 1 atom stereocenters. The highest BCUT2D eigenvalue weighted by Crippen LogP contribution is 2.03. The second-order valence-electron chi connectivity index (χ2n) is 3.96. The first-order chi connectivity index (χ1) is 7.83. The number of aliphatic hydroxyl groups is 1. The average Bonchev–Trinajstić information content (AvgIpc) is 2.30. The Morgan fingerprint density at radius 2 is 2.00 bits per heavy atom. The van der Waals surface area contributed by atoms with Gasteiger partial charge in [-0.3, -0.25) is 0 Å². The fourth-order valence-electron chi connectivity index (χ4n) is 1.56. The zero-order chi connectivity index (χ0) is 11.6. The van der Waals surface area contributed by atoms with Crippen LogP contribution in [0.4, 0.5) is 0 Å². The summed E-state index contributed by atoms with van der Waals surface area (Å²) in [5.41, 5.74) is 1.36. The van der Waals surface area contributed by atoms with Crippen molar-refractivity contribution in [3.63, 3.8) is 0 Å². The normalized spacial score (nSPS) is 11.6. The van der Waals surface area contributed by atoms with Gasteiger partial charge in [-0.05, 0) is 24.8 Å². The summed E-state index contributed by atoms with van der Waals surface area (Å²) in [4.78, 5) is 0. The van der Waals surface area contributed by atoms with Crippen molar-refractivity contribution in [2.24, 2.45) is 0 Å². The number of unbranched alkanes of at least 4 members (excludes halogenated alkanes) is 1. The molecule has 0 aliphatic heterocycles. The summed E-state index contributed by atoms with van der Waals surface area (Å²) in [5.74, 6) is 5.92. The topological polar surface area (TPSA) is 20.2 Å². The molecule has 16 heavy (non-hydrogen) atoms. The Kier molecular flexibility index (Phi) is 6.37. The monoisotopic (exact) mass is 216 g/mol. The molecule has 0 bridgehead atoms. The standard InChI is InChI=1S/C15H20O/c1-2-9-15(16)13-8-4-7-12-14-10-5-3-6-11-14/h3,5-6,10-11,15-16H,2,4,7,9,12H2,1H3/t15-/m0/s1. The van der Waals surface area contributed by atoms with Crippen LogP contribution in [-0.2, 0) is 6.42 Å². The van der Waals surface area contributed by atoms with Gasteiger partial charge in [0.25, 0.3) is 0 Å². The van der Waals surface area contributed by atoms with Crippen molar-refractivity contribution in [1.29, 1.82) is 0 Å². The van der Waals surface area contributed by atoms with Crippen LogP contribution in [-0.4, -0.2) is 11.2 Å². The molecule has 0 aliphatic rings. The summed E-state index contributed by atoms with van der Waals surface area (Å²) in [6, 6.07) is 10.4. The summed E-state index contributed by atoms with van der Waals surface area (Å²) in [5, 5.41) is 9.39. The predicted molar refractivity (Wildman–Crippen MR) is 68.1 cm³/mol. The van der Waals surface area contributed by atoms with Gasteiger partial charge in [0.2, 0.25) is 0 Å². The van der Waals surface area contributed by atoms with E-state index in [1.807, 2.05) is 6.07 Å². The quantitative estimate of drug-likeness (QED) is 0.592. The maximum absolute atomic E-state index is 9.39. The molecule has 0 aromatic heterocycles. The van der Waals surface area contributed by atoms with Crippen LogP contribution in [0.1, 0.15) is 38.2 Å². The maximum atomic E-state index is 9.39. The van der Waals surface area contributed by atoms with Crippen molar-refractivity contribution in [2.75, 3.05) is 0 Å². The number of hydrogen-bond donors (Lipinski definition) is 1. The Labute approximate surface area is 98.5 Å². The molecule has 0 saturated carbocycles. The van der Waals surface area contributed by atoms with E-state index >= 15 is 0 Å². The lowest BCUT2D eigenvalue weighted by Gasteiger charge is -1.99. The number of aryl methyl sites for hydroxylation is 1. The second kappa shape index (κ2) is 7.96. The van der Waals surface area contributed by atoms with Crippen molar-refractivity contribution < 1.29 is 5.11 Å². The fraction of sp³-hybridized carbons (Fsp3) is 0.467. The summed E-state index contributed by atoms with van der Waals surface area (Å²) >= 11 is 0. The Bertz CT molecular complexity index is 331. The minimum Gasteiger partial charge on any atom is -0.380 e. The molecule has 0 amide bonds. The Hall–Kier alpha value is -1.26. The number of rotatable bonds is 5. The molecule has 1 N–H and O–H groups in total. The van der Waals surface area contributed by atoms with Gasteiger partial charge in [-0.25, -0.2) is 0 Å². The molecule has 0 spiro atoms. The highest BCUT2D eigenvalue weighted by atomic mass is 16.3. The molecule has 1 aromatic carbocycles.